The second kappa shape index (κ2) is 3.57. The fourth-order valence-corrected chi connectivity index (χ4v) is 1.64. The molecule has 0 aromatic carbocycles. The molecule has 0 fully saturated rings. The first-order chi connectivity index (χ1) is 7.83. The second-order valence-corrected chi connectivity index (χ2v) is 3.68. The third kappa shape index (κ3) is 1.53. The Morgan fingerprint density at radius 3 is 2.88 bits per heavy atom. The minimum Gasteiger partial charge on any atom is -0.255 e. The zero-order valence-corrected chi connectivity index (χ0v) is 8.96. The van der Waals surface area contributed by atoms with Crippen LogP contribution in [0.5, 0.6) is 0 Å². The first-order valence-corrected chi connectivity index (χ1v) is 5.14. The Morgan fingerprint density at radius 2 is 2.06 bits per heavy atom. The number of halogens is 1. The van der Waals surface area contributed by atoms with Gasteiger partial charge in [-0.2, -0.15) is 5.10 Å². The molecule has 0 bridgehead atoms. The van der Waals surface area contributed by atoms with Gasteiger partial charge in [-0.05, 0) is 18.2 Å². The summed E-state index contributed by atoms with van der Waals surface area (Å²) < 4.78 is 1.68. The van der Waals surface area contributed by atoms with Gasteiger partial charge in [-0.25, -0.2) is 9.50 Å². The van der Waals surface area contributed by atoms with Gasteiger partial charge in [0.1, 0.15) is 10.8 Å². The van der Waals surface area contributed by atoms with Crippen molar-refractivity contribution in [2.24, 2.45) is 0 Å². The van der Waals surface area contributed by atoms with Crippen molar-refractivity contribution in [3.63, 3.8) is 0 Å². The second-order valence-electron chi connectivity index (χ2n) is 3.30. The molecule has 0 saturated carbocycles. The predicted octanol–water partition coefficient (Wildman–Crippen LogP) is 2.44. The van der Waals surface area contributed by atoms with Gasteiger partial charge >= 0.3 is 0 Å². The Labute approximate surface area is 96.5 Å². The van der Waals surface area contributed by atoms with Crippen molar-refractivity contribution in [3.05, 3.63) is 47.9 Å². The molecule has 0 saturated heterocycles. The molecule has 0 amide bonds. The highest BCUT2D eigenvalue weighted by atomic mass is 35.5. The van der Waals surface area contributed by atoms with Gasteiger partial charge in [-0.1, -0.05) is 17.7 Å². The molecule has 3 rings (SSSR count). The lowest BCUT2D eigenvalue weighted by molar-refractivity contribution is 0.940. The summed E-state index contributed by atoms with van der Waals surface area (Å²) >= 11 is 5.81. The van der Waals surface area contributed by atoms with E-state index in [1.165, 1.54) is 0 Å². The standard InChI is InChI=1S/C11H7ClN4/c12-10-4-6-16-11(14-10)7-9(15-16)8-3-1-2-5-13-8/h1-7H. The average Bonchev–Trinajstić information content (AvgIpc) is 2.73. The summed E-state index contributed by atoms with van der Waals surface area (Å²) in [5, 5.41) is 4.82. The third-order valence-electron chi connectivity index (χ3n) is 2.22. The van der Waals surface area contributed by atoms with E-state index in [2.05, 4.69) is 15.1 Å². The highest BCUT2D eigenvalue weighted by Gasteiger charge is 2.05. The summed E-state index contributed by atoms with van der Waals surface area (Å²) in [4.78, 5) is 8.39. The smallest absolute Gasteiger partial charge is 0.157 e. The monoisotopic (exact) mass is 230 g/mol. The van der Waals surface area contributed by atoms with E-state index in [0.29, 0.717) is 10.8 Å². The molecule has 0 unspecified atom stereocenters. The Bertz CT molecular complexity index is 633. The van der Waals surface area contributed by atoms with E-state index in [-0.39, 0.29) is 0 Å². The fourth-order valence-electron chi connectivity index (χ4n) is 1.50. The van der Waals surface area contributed by atoms with Gasteiger partial charge in [0.05, 0.1) is 5.69 Å². The maximum atomic E-state index is 5.81. The minimum absolute atomic E-state index is 0.458. The molecule has 0 aliphatic heterocycles. The number of pyridine rings is 1. The van der Waals surface area contributed by atoms with E-state index < -0.39 is 0 Å². The van der Waals surface area contributed by atoms with Gasteiger partial charge in [-0.15, -0.1) is 0 Å². The van der Waals surface area contributed by atoms with Crippen LogP contribution in [0.25, 0.3) is 17.0 Å². The molecule has 0 atom stereocenters. The van der Waals surface area contributed by atoms with Crippen molar-refractivity contribution in [2.45, 2.75) is 0 Å². The van der Waals surface area contributed by atoms with Crippen molar-refractivity contribution in [1.29, 1.82) is 0 Å². The molecule has 3 heterocycles. The predicted molar refractivity (Wildman–Crippen MR) is 61.2 cm³/mol. The van der Waals surface area contributed by atoms with Gasteiger partial charge in [0, 0.05) is 18.5 Å². The van der Waals surface area contributed by atoms with E-state index >= 15 is 0 Å². The van der Waals surface area contributed by atoms with Crippen LogP contribution in [0.4, 0.5) is 0 Å². The molecule has 0 radical (unpaired) electrons. The van der Waals surface area contributed by atoms with Crippen molar-refractivity contribution in [2.75, 3.05) is 0 Å². The van der Waals surface area contributed by atoms with Crippen LogP contribution in [-0.2, 0) is 0 Å². The first-order valence-electron chi connectivity index (χ1n) is 4.76. The van der Waals surface area contributed by atoms with E-state index in [4.69, 9.17) is 11.6 Å². The summed E-state index contributed by atoms with van der Waals surface area (Å²) in [6.07, 6.45) is 3.51. The van der Waals surface area contributed by atoms with E-state index in [1.54, 1.807) is 23.0 Å². The van der Waals surface area contributed by atoms with Crippen LogP contribution in [0.3, 0.4) is 0 Å². The summed E-state index contributed by atoms with van der Waals surface area (Å²) in [6.45, 7) is 0. The van der Waals surface area contributed by atoms with E-state index in [1.807, 2.05) is 24.3 Å². The number of rotatable bonds is 1. The highest BCUT2D eigenvalue weighted by molar-refractivity contribution is 6.29. The lowest BCUT2D eigenvalue weighted by Crippen LogP contribution is -1.89. The van der Waals surface area contributed by atoms with Gasteiger partial charge in [0.2, 0.25) is 0 Å². The van der Waals surface area contributed by atoms with Gasteiger partial charge in [0.15, 0.2) is 5.65 Å². The number of hydrogen-bond acceptors (Lipinski definition) is 3. The van der Waals surface area contributed by atoms with Crippen molar-refractivity contribution in [1.82, 2.24) is 19.6 Å². The fraction of sp³-hybridized carbons (Fsp3) is 0. The number of hydrogen-bond donors (Lipinski definition) is 0. The van der Waals surface area contributed by atoms with Gasteiger partial charge < -0.3 is 0 Å². The molecule has 3 aromatic heterocycles. The van der Waals surface area contributed by atoms with E-state index in [0.717, 1.165) is 11.4 Å². The average molecular weight is 231 g/mol. The Kier molecular flexibility index (Phi) is 2.08. The SMILES string of the molecule is Clc1ccn2nc(-c3ccccn3)cc2n1. The quantitative estimate of drug-likeness (QED) is 0.603. The molecule has 5 heteroatoms. The molecular formula is C11H7ClN4. The number of aromatic nitrogens is 4. The van der Waals surface area contributed by atoms with Crippen LogP contribution >= 0.6 is 11.6 Å². The van der Waals surface area contributed by atoms with Crippen LogP contribution in [0.2, 0.25) is 5.15 Å². The van der Waals surface area contributed by atoms with Gasteiger partial charge in [0.25, 0.3) is 0 Å². The summed E-state index contributed by atoms with van der Waals surface area (Å²) in [7, 11) is 0. The minimum atomic E-state index is 0.458. The molecule has 0 spiro atoms. The maximum absolute atomic E-state index is 5.81. The van der Waals surface area contributed by atoms with Crippen LogP contribution in [0.15, 0.2) is 42.7 Å². The molecule has 3 aromatic rings. The molecule has 4 nitrogen and oxygen atoms in total. The molecular weight excluding hydrogens is 224 g/mol. The van der Waals surface area contributed by atoms with Crippen molar-refractivity contribution in [3.8, 4) is 11.4 Å². The van der Waals surface area contributed by atoms with Crippen molar-refractivity contribution < 1.29 is 0 Å². The Balaban J connectivity index is 2.19. The zero-order chi connectivity index (χ0) is 11.0. The topological polar surface area (TPSA) is 43.1 Å². The largest absolute Gasteiger partial charge is 0.255 e. The normalized spacial score (nSPS) is 10.8. The summed E-state index contributed by atoms with van der Waals surface area (Å²) in [5.74, 6) is 0. The van der Waals surface area contributed by atoms with Crippen LogP contribution in [0.1, 0.15) is 0 Å². The zero-order valence-electron chi connectivity index (χ0n) is 8.21. The molecule has 78 valence electrons. The number of nitrogens with zero attached hydrogens (tertiary/aromatic N) is 4. The highest BCUT2D eigenvalue weighted by Crippen LogP contribution is 2.16. The van der Waals surface area contributed by atoms with Crippen LogP contribution in [-0.4, -0.2) is 19.6 Å². The maximum Gasteiger partial charge on any atom is 0.157 e. The van der Waals surface area contributed by atoms with Crippen LogP contribution < -0.4 is 0 Å². The lowest BCUT2D eigenvalue weighted by Gasteiger charge is -1.92. The first kappa shape index (κ1) is 9.30. The van der Waals surface area contributed by atoms with E-state index in [9.17, 15) is 0 Å². The Hall–Kier alpha value is -1.94. The molecule has 0 N–H and O–H groups in total. The summed E-state index contributed by atoms with van der Waals surface area (Å²) in [5.41, 5.74) is 2.33. The van der Waals surface area contributed by atoms with Crippen LogP contribution in [0, 0.1) is 0 Å². The Morgan fingerprint density at radius 1 is 1.12 bits per heavy atom. The third-order valence-corrected chi connectivity index (χ3v) is 2.43. The van der Waals surface area contributed by atoms with Crippen molar-refractivity contribution >= 4 is 17.2 Å². The molecule has 0 aliphatic rings. The van der Waals surface area contributed by atoms with Gasteiger partial charge in [-0.3, -0.25) is 4.98 Å². The summed E-state index contributed by atoms with van der Waals surface area (Å²) in [6, 6.07) is 9.25. The molecule has 16 heavy (non-hydrogen) atoms. The molecule has 0 aliphatic carbocycles. The number of fused-ring (bicyclic) bond motifs is 1. The lowest BCUT2D eigenvalue weighted by atomic mass is 10.3.